The van der Waals surface area contributed by atoms with Crippen LogP contribution in [0.5, 0.6) is 5.75 Å². The van der Waals surface area contributed by atoms with E-state index in [-0.39, 0.29) is 0 Å². The Morgan fingerprint density at radius 3 is 2.33 bits per heavy atom. The minimum Gasteiger partial charge on any atom is -0.497 e. The fourth-order valence-corrected chi connectivity index (χ4v) is 3.21. The van der Waals surface area contributed by atoms with Crippen molar-refractivity contribution >= 4 is 31.9 Å². The van der Waals surface area contributed by atoms with Gasteiger partial charge in [-0.15, -0.1) is 0 Å². The van der Waals surface area contributed by atoms with Gasteiger partial charge in [0.05, 0.1) is 7.11 Å². The van der Waals surface area contributed by atoms with E-state index >= 15 is 0 Å². The van der Waals surface area contributed by atoms with Crippen molar-refractivity contribution in [3.8, 4) is 5.75 Å². The lowest BCUT2D eigenvalue weighted by atomic mass is 9.92. The van der Waals surface area contributed by atoms with Gasteiger partial charge in [0.25, 0.3) is 0 Å². The number of methoxy groups -OCH3 is 1. The maximum Gasteiger partial charge on any atom is 0.119 e. The Morgan fingerprint density at radius 1 is 1.00 bits per heavy atom. The molecule has 0 saturated carbocycles. The SMILES string of the molecule is COc1ccc(Br)c(CC(CN)Cc2ccccc2Br)c1. The Balaban J connectivity index is 2.14. The van der Waals surface area contributed by atoms with Gasteiger partial charge < -0.3 is 10.5 Å². The van der Waals surface area contributed by atoms with Crippen LogP contribution >= 0.6 is 31.9 Å². The lowest BCUT2D eigenvalue weighted by Crippen LogP contribution is -2.19. The predicted octanol–water partition coefficient (Wildman–Crippen LogP) is 4.58. The molecule has 2 rings (SSSR count). The molecule has 0 amide bonds. The van der Waals surface area contributed by atoms with Crippen LogP contribution in [-0.2, 0) is 12.8 Å². The third-order valence-electron chi connectivity index (χ3n) is 3.56. The van der Waals surface area contributed by atoms with Gasteiger partial charge in [0.1, 0.15) is 5.75 Å². The monoisotopic (exact) mass is 411 g/mol. The highest BCUT2D eigenvalue weighted by Crippen LogP contribution is 2.27. The number of ether oxygens (including phenoxy) is 1. The third kappa shape index (κ3) is 4.56. The molecule has 0 aliphatic heterocycles. The Hall–Kier alpha value is -0.840. The lowest BCUT2D eigenvalue weighted by molar-refractivity contribution is 0.413. The van der Waals surface area contributed by atoms with Crippen LogP contribution in [0, 0.1) is 5.92 Å². The summed E-state index contributed by atoms with van der Waals surface area (Å²) in [7, 11) is 1.69. The molecule has 2 aromatic rings. The van der Waals surface area contributed by atoms with Gasteiger partial charge in [-0.25, -0.2) is 0 Å². The van der Waals surface area contributed by atoms with Crippen molar-refractivity contribution in [3.63, 3.8) is 0 Å². The predicted molar refractivity (Wildman–Crippen MR) is 94.8 cm³/mol. The Kier molecular flexibility index (Phi) is 6.27. The summed E-state index contributed by atoms with van der Waals surface area (Å²) >= 11 is 7.22. The zero-order valence-electron chi connectivity index (χ0n) is 12.0. The van der Waals surface area contributed by atoms with E-state index in [1.165, 1.54) is 11.1 Å². The highest BCUT2D eigenvalue weighted by atomic mass is 79.9. The van der Waals surface area contributed by atoms with Crippen LogP contribution in [0.4, 0.5) is 0 Å². The second-order valence-electron chi connectivity index (χ2n) is 5.06. The number of hydrogen-bond acceptors (Lipinski definition) is 2. The average molecular weight is 413 g/mol. The van der Waals surface area contributed by atoms with Gasteiger partial charge in [0.2, 0.25) is 0 Å². The summed E-state index contributed by atoms with van der Waals surface area (Å²) in [6, 6.07) is 14.4. The van der Waals surface area contributed by atoms with Crippen molar-refractivity contribution in [2.24, 2.45) is 11.7 Å². The zero-order chi connectivity index (χ0) is 15.2. The smallest absolute Gasteiger partial charge is 0.119 e. The molecule has 0 aromatic heterocycles. The average Bonchev–Trinajstić information content (AvgIpc) is 2.50. The molecule has 0 heterocycles. The van der Waals surface area contributed by atoms with Crippen LogP contribution < -0.4 is 10.5 Å². The molecular weight excluding hydrogens is 394 g/mol. The fourth-order valence-electron chi connectivity index (χ4n) is 2.36. The number of rotatable bonds is 6. The Labute approximate surface area is 143 Å². The summed E-state index contributed by atoms with van der Waals surface area (Å²) in [5.41, 5.74) is 8.51. The molecule has 0 fully saturated rings. The van der Waals surface area contributed by atoms with E-state index in [9.17, 15) is 0 Å². The minimum absolute atomic E-state index is 0.395. The van der Waals surface area contributed by atoms with Crippen LogP contribution in [-0.4, -0.2) is 13.7 Å². The van der Waals surface area contributed by atoms with Crippen molar-refractivity contribution in [1.82, 2.24) is 0 Å². The Bertz CT molecular complexity index is 601. The summed E-state index contributed by atoms with van der Waals surface area (Å²) in [5.74, 6) is 1.27. The zero-order valence-corrected chi connectivity index (χ0v) is 15.2. The molecule has 0 aliphatic carbocycles. The molecule has 2 aromatic carbocycles. The van der Waals surface area contributed by atoms with E-state index in [0.29, 0.717) is 12.5 Å². The van der Waals surface area contributed by atoms with Gasteiger partial charge in [-0.2, -0.15) is 0 Å². The molecule has 112 valence electrons. The van der Waals surface area contributed by atoms with E-state index < -0.39 is 0 Å². The van der Waals surface area contributed by atoms with E-state index in [1.54, 1.807) is 7.11 Å². The highest BCUT2D eigenvalue weighted by Gasteiger charge is 2.13. The van der Waals surface area contributed by atoms with Crippen molar-refractivity contribution in [2.45, 2.75) is 12.8 Å². The summed E-state index contributed by atoms with van der Waals surface area (Å²) in [6.07, 6.45) is 1.89. The van der Waals surface area contributed by atoms with Crippen molar-refractivity contribution in [1.29, 1.82) is 0 Å². The standard InChI is InChI=1S/C17H19Br2NO/c1-21-15-6-7-17(19)14(10-15)9-12(11-20)8-13-4-2-3-5-16(13)18/h2-7,10,12H,8-9,11,20H2,1H3. The molecule has 4 heteroatoms. The first kappa shape index (κ1) is 16.5. The van der Waals surface area contributed by atoms with Crippen LogP contribution in [0.15, 0.2) is 51.4 Å². The van der Waals surface area contributed by atoms with Gasteiger partial charge in [-0.3, -0.25) is 0 Å². The maximum atomic E-state index is 5.98. The summed E-state index contributed by atoms with van der Waals surface area (Å²) in [6.45, 7) is 0.658. The van der Waals surface area contributed by atoms with Crippen LogP contribution in [0.1, 0.15) is 11.1 Å². The number of halogens is 2. The first-order chi connectivity index (χ1) is 10.1. The second kappa shape index (κ2) is 7.97. The first-order valence-corrected chi connectivity index (χ1v) is 8.48. The molecule has 2 nitrogen and oxygen atoms in total. The van der Waals surface area contributed by atoms with Gasteiger partial charge >= 0.3 is 0 Å². The van der Waals surface area contributed by atoms with E-state index in [4.69, 9.17) is 10.5 Å². The molecule has 1 unspecified atom stereocenters. The summed E-state index contributed by atoms with van der Waals surface area (Å²) in [5, 5.41) is 0. The molecular formula is C17H19Br2NO. The van der Waals surface area contributed by atoms with Gasteiger partial charge in [0, 0.05) is 8.95 Å². The van der Waals surface area contributed by atoms with Crippen molar-refractivity contribution in [2.75, 3.05) is 13.7 Å². The molecule has 2 N–H and O–H groups in total. The second-order valence-corrected chi connectivity index (χ2v) is 6.77. The molecule has 0 spiro atoms. The molecule has 0 aliphatic rings. The Morgan fingerprint density at radius 2 is 1.67 bits per heavy atom. The van der Waals surface area contributed by atoms with Gasteiger partial charge in [0.15, 0.2) is 0 Å². The van der Waals surface area contributed by atoms with Crippen LogP contribution in [0.2, 0.25) is 0 Å². The lowest BCUT2D eigenvalue weighted by Gasteiger charge is -2.17. The highest BCUT2D eigenvalue weighted by molar-refractivity contribution is 9.10. The number of nitrogens with two attached hydrogens (primary N) is 1. The topological polar surface area (TPSA) is 35.2 Å². The third-order valence-corrected chi connectivity index (χ3v) is 5.11. The van der Waals surface area contributed by atoms with Gasteiger partial charge in [-0.05, 0) is 60.7 Å². The molecule has 1 atom stereocenters. The van der Waals surface area contributed by atoms with E-state index in [1.807, 2.05) is 18.2 Å². The van der Waals surface area contributed by atoms with Crippen LogP contribution in [0.3, 0.4) is 0 Å². The summed E-state index contributed by atoms with van der Waals surface area (Å²) in [4.78, 5) is 0. The molecule has 0 bridgehead atoms. The van der Waals surface area contributed by atoms with Gasteiger partial charge in [-0.1, -0.05) is 50.1 Å². The van der Waals surface area contributed by atoms with Crippen molar-refractivity contribution in [3.05, 3.63) is 62.5 Å². The number of hydrogen-bond donors (Lipinski definition) is 1. The minimum atomic E-state index is 0.395. The molecule has 21 heavy (non-hydrogen) atoms. The largest absolute Gasteiger partial charge is 0.497 e. The van der Waals surface area contributed by atoms with Crippen LogP contribution in [0.25, 0.3) is 0 Å². The van der Waals surface area contributed by atoms with Crippen molar-refractivity contribution < 1.29 is 4.74 Å². The van der Waals surface area contributed by atoms with E-state index in [0.717, 1.165) is 27.5 Å². The maximum absolute atomic E-state index is 5.98. The fraction of sp³-hybridized carbons (Fsp3) is 0.294. The number of benzene rings is 2. The molecule has 0 saturated heterocycles. The molecule has 0 radical (unpaired) electrons. The summed E-state index contributed by atoms with van der Waals surface area (Å²) < 4.78 is 7.55. The normalized spacial score (nSPS) is 12.2. The van der Waals surface area contributed by atoms with E-state index in [2.05, 4.69) is 56.1 Å². The quantitative estimate of drug-likeness (QED) is 0.753. The first-order valence-electron chi connectivity index (χ1n) is 6.90.